The minimum Gasteiger partial charge on any atom is -0.496 e. The number of piperidine rings is 1. The van der Waals surface area contributed by atoms with Crippen LogP contribution in [0.5, 0.6) is 5.75 Å². The molecule has 41 heavy (non-hydrogen) atoms. The number of hydrogen-bond acceptors (Lipinski definition) is 7. The number of esters is 1. The van der Waals surface area contributed by atoms with Crippen LogP contribution in [-0.2, 0) is 27.3 Å². The van der Waals surface area contributed by atoms with E-state index >= 15 is 0 Å². The number of amides is 2. The summed E-state index contributed by atoms with van der Waals surface area (Å²) in [6.07, 6.45) is 0.983. The van der Waals surface area contributed by atoms with E-state index in [2.05, 4.69) is 5.32 Å². The first-order valence-corrected chi connectivity index (χ1v) is 13.8. The first-order valence-electron chi connectivity index (χ1n) is 13.4. The molecule has 1 aliphatic heterocycles. The average molecular weight is 580 g/mol. The number of methoxy groups -OCH3 is 1. The van der Waals surface area contributed by atoms with E-state index in [0.29, 0.717) is 38.0 Å². The zero-order valence-corrected chi connectivity index (χ0v) is 23.6. The molecular formula is C31H34ClN3O6. The van der Waals surface area contributed by atoms with Crippen LogP contribution < -0.4 is 15.8 Å². The first-order chi connectivity index (χ1) is 19.8. The fraction of sp³-hybridized carbons (Fsp3) is 0.323. The van der Waals surface area contributed by atoms with Crippen LogP contribution in [0.3, 0.4) is 0 Å². The standard InChI is InChI=1S/C31H34ClN3O6/c1-39-28-18-26(33)25(32)17-24(28)30(37)40-19-23-12-14-35(15-13-23)29(36)27(16-21-8-4-2-5-9-21)34-31(38)41-20-22-10-6-3-7-11-22/h2-11,17-18,23,27H,12-16,19-20,33H2,1H3,(H,34,38)/t27-/m0/s1. The molecule has 0 saturated carbocycles. The third-order valence-electron chi connectivity index (χ3n) is 7.00. The van der Waals surface area contributed by atoms with Gasteiger partial charge in [0, 0.05) is 25.6 Å². The molecule has 3 aromatic carbocycles. The third kappa shape index (κ3) is 8.38. The number of anilines is 1. The molecule has 216 valence electrons. The predicted molar refractivity (Wildman–Crippen MR) is 156 cm³/mol. The largest absolute Gasteiger partial charge is 0.496 e. The summed E-state index contributed by atoms with van der Waals surface area (Å²) in [4.78, 5) is 40.6. The highest BCUT2D eigenvalue weighted by Crippen LogP contribution is 2.30. The highest BCUT2D eigenvalue weighted by Gasteiger charge is 2.30. The lowest BCUT2D eigenvalue weighted by Crippen LogP contribution is -2.52. The summed E-state index contributed by atoms with van der Waals surface area (Å²) in [5.41, 5.74) is 8.09. The van der Waals surface area contributed by atoms with Crippen molar-refractivity contribution in [2.24, 2.45) is 5.92 Å². The lowest BCUT2D eigenvalue weighted by Gasteiger charge is -2.34. The lowest BCUT2D eigenvalue weighted by molar-refractivity contribution is -0.135. The highest BCUT2D eigenvalue weighted by atomic mass is 35.5. The summed E-state index contributed by atoms with van der Waals surface area (Å²) in [7, 11) is 1.44. The Bertz CT molecular complexity index is 1330. The number of likely N-dealkylation sites (tertiary alicyclic amines) is 1. The van der Waals surface area contributed by atoms with Crippen molar-refractivity contribution < 1.29 is 28.6 Å². The van der Waals surface area contributed by atoms with E-state index in [0.717, 1.165) is 11.1 Å². The molecule has 0 unspecified atom stereocenters. The Balaban J connectivity index is 1.31. The molecule has 1 heterocycles. The molecule has 10 heteroatoms. The van der Waals surface area contributed by atoms with Crippen molar-refractivity contribution in [1.29, 1.82) is 0 Å². The normalized spacial score (nSPS) is 14.1. The molecule has 1 aliphatic rings. The average Bonchev–Trinajstić information content (AvgIpc) is 3.00. The number of alkyl carbamates (subject to hydrolysis) is 1. The number of halogens is 1. The number of carbonyl (C=O) groups is 3. The van der Waals surface area contributed by atoms with Gasteiger partial charge in [-0.05, 0) is 36.0 Å². The molecule has 3 aromatic rings. The fourth-order valence-electron chi connectivity index (χ4n) is 4.67. The monoisotopic (exact) mass is 579 g/mol. The van der Waals surface area contributed by atoms with E-state index in [9.17, 15) is 14.4 Å². The van der Waals surface area contributed by atoms with Crippen LogP contribution in [0.1, 0.15) is 34.3 Å². The van der Waals surface area contributed by atoms with Crippen molar-refractivity contribution in [3.05, 3.63) is 94.5 Å². The molecule has 1 saturated heterocycles. The molecule has 4 rings (SSSR count). The van der Waals surface area contributed by atoms with Crippen molar-refractivity contribution in [1.82, 2.24) is 10.2 Å². The van der Waals surface area contributed by atoms with Gasteiger partial charge in [-0.2, -0.15) is 0 Å². The Kier molecular flexibility index (Phi) is 10.5. The molecule has 2 amide bonds. The van der Waals surface area contributed by atoms with E-state index in [1.807, 2.05) is 60.7 Å². The minimum absolute atomic E-state index is 0.0784. The summed E-state index contributed by atoms with van der Waals surface area (Å²) >= 11 is 6.08. The number of nitrogens with zero attached hydrogens (tertiary/aromatic N) is 1. The molecule has 0 aliphatic carbocycles. The Hall–Kier alpha value is -4.24. The summed E-state index contributed by atoms with van der Waals surface area (Å²) < 4.78 is 16.2. The Morgan fingerprint density at radius 2 is 1.61 bits per heavy atom. The van der Waals surface area contributed by atoms with Crippen molar-refractivity contribution in [3.63, 3.8) is 0 Å². The van der Waals surface area contributed by atoms with Gasteiger partial charge in [-0.15, -0.1) is 0 Å². The second-order valence-electron chi connectivity index (χ2n) is 9.89. The number of nitrogen functional groups attached to an aromatic ring is 1. The zero-order chi connectivity index (χ0) is 29.2. The summed E-state index contributed by atoms with van der Waals surface area (Å²) in [6, 6.07) is 21.0. The molecule has 0 bridgehead atoms. The molecule has 1 atom stereocenters. The van der Waals surface area contributed by atoms with Gasteiger partial charge in [-0.3, -0.25) is 4.79 Å². The molecule has 0 aromatic heterocycles. The van der Waals surface area contributed by atoms with E-state index in [1.54, 1.807) is 4.90 Å². The number of rotatable bonds is 10. The number of benzene rings is 3. The number of ether oxygens (including phenoxy) is 3. The van der Waals surface area contributed by atoms with E-state index < -0.39 is 18.1 Å². The highest BCUT2D eigenvalue weighted by molar-refractivity contribution is 6.33. The predicted octanol–water partition coefficient (Wildman–Crippen LogP) is 4.86. The molecule has 1 fully saturated rings. The van der Waals surface area contributed by atoms with Crippen LogP contribution >= 0.6 is 11.6 Å². The van der Waals surface area contributed by atoms with Crippen molar-refractivity contribution >= 4 is 35.3 Å². The Labute approximate surface area is 244 Å². The zero-order valence-electron chi connectivity index (χ0n) is 22.9. The van der Waals surface area contributed by atoms with Crippen LogP contribution in [0.25, 0.3) is 0 Å². The van der Waals surface area contributed by atoms with Crippen molar-refractivity contribution in [3.8, 4) is 5.75 Å². The van der Waals surface area contributed by atoms with Gasteiger partial charge in [0.05, 0.1) is 24.4 Å². The van der Waals surface area contributed by atoms with Crippen molar-refractivity contribution in [2.75, 3.05) is 32.5 Å². The van der Waals surface area contributed by atoms with E-state index in [-0.39, 0.29) is 41.4 Å². The summed E-state index contributed by atoms with van der Waals surface area (Å²) in [6.45, 7) is 1.26. The van der Waals surface area contributed by atoms with Crippen LogP contribution in [0, 0.1) is 5.92 Å². The van der Waals surface area contributed by atoms with Crippen LogP contribution in [0.2, 0.25) is 5.02 Å². The topological polar surface area (TPSA) is 120 Å². The quantitative estimate of drug-likeness (QED) is 0.260. The Morgan fingerprint density at radius 3 is 2.24 bits per heavy atom. The first kappa shape index (κ1) is 29.7. The van der Waals surface area contributed by atoms with Crippen molar-refractivity contribution in [2.45, 2.75) is 31.9 Å². The maximum absolute atomic E-state index is 13.5. The van der Waals surface area contributed by atoms with Gasteiger partial charge in [0.25, 0.3) is 0 Å². The third-order valence-corrected chi connectivity index (χ3v) is 7.33. The number of hydrogen-bond donors (Lipinski definition) is 2. The van der Waals surface area contributed by atoms with Gasteiger partial charge in [0.2, 0.25) is 5.91 Å². The van der Waals surface area contributed by atoms with Crippen LogP contribution in [-0.4, -0.2) is 55.7 Å². The second-order valence-corrected chi connectivity index (χ2v) is 10.3. The van der Waals surface area contributed by atoms with Gasteiger partial charge in [-0.1, -0.05) is 72.3 Å². The van der Waals surface area contributed by atoms with E-state index in [4.69, 9.17) is 31.5 Å². The Morgan fingerprint density at radius 1 is 0.976 bits per heavy atom. The summed E-state index contributed by atoms with van der Waals surface area (Å²) in [5.74, 6) is -0.364. The van der Waals surface area contributed by atoms with Gasteiger partial charge < -0.3 is 30.2 Å². The number of nitrogens with one attached hydrogen (secondary N) is 1. The van der Waals surface area contributed by atoms with E-state index in [1.165, 1.54) is 19.2 Å². The SMILES string of the molecule is COc1cc(N)c(Cl)cc1C(=O)OCC1CCN(C(=O)[C@H](Cc2ccccc2)NC(=O)OCc2ccccc2)CC1. The maximum atomic E-state index is 13.5. The lowest BCUT2D eigenvalue weighted by atomic mass is 9.96. The maximum Gasteiger partial charge on any atom is 0.408 e. The minimum atomic E-state index is -0.780. The smallest absolute Gasteiger partial charge is 0.408 e. The molecule has 9 nitrogen and oxygen atoms in total. The van der Waals surface area contributed by atoms with Crippen LogP contribution in [0.4, 0.5) is 10.5 Å². The van der Waals surface area contributed by atoms with Gasteiger partial charge in [0.15, 0.2) is 0 Å². The molecular weight excluding hydrogens is 546 g/mol. The fourth-order valence-corrected chi connectivity index (χ4v) is 4.83. The second kappa shape index (κ2) is 14.4. The summed E-state index contributed by atoms with van der Waals surface area (Å²) in [5, 5.41) is 3.01. The van der Waals surface area contributed by atoms with Gasteiger partial charge >= 0.3 is 12.1 Å². The molecule has 0 spiro atoms. The van der Waals surface area contributed by atoms with Crippen LogP contribution in [0.15, 0.2) is 72.8 Å². The number of nitrogens with two attached hydrogens (primary N) is 1. The number of carbonyl (C=O) groups excluding carboxylic acids is 3. The van der Waals surface area contributed by atoms with Gasteiger partial charge in [-0.25, -0.2) is 9.59 Å². The van der Waals surface area contributed by atoms with Gasteiger partial charge in [0.1, 0.15) is 24.0 Å². The molecule has 3 N–H and O–H groups in total. The molecule has 0 radical (unpaired) electrons.